The Morgan fingerprint density at radius 1 is 1.00 bits per heavy atom. The van der Waals surface area contributed by atoms with Gasteiger partial charge in [-0.25, -0.2) is 13.2 Å². The Labute approximate surface area is 174 Å². The maximum atomic E-state index is 12.0. The number of carboxylic acid groups (broad SMARTS) is 1. The van der Waals surface area contributed by atoms with Crippen LogP contribution in [0.5, 0.6) is 0 Å². The Balaban J connectivity index is 5.65. The molecule has 0 rings (SSSR count). The van der Waals surface area contributed by atoms with Crippen molar-refractivity contribution in [2.45, 2.75) is 55.7 Å². The number of aliphatic hydroxyl groups excluding tert-OH is 6. The Bertz CT molecular complexity index is 755. The molecular formula is C14H23NO15S. The van der Waals surface area contributed by atoms with Gasteiger partial charge >= 0.3 is 16.4 Å². The van der Waals surface area contributed by atoms with Gasteiger partial charge in [0.25, 0.3) is 0 Å². The van der Waals surface area contributed by atoms with E-state index in [4.69, 9.17) is 21.1 Å². The third-order valence-electron chi connectivity index (χ3n) is 3.78. The van der Waals surface area contributed by atoms with Crippen LogP contribution in [-0.4, -0.2) is 123 Å². The van der Waals surface area contributed by atoms with Crippen LogP contribution in [0.25, 0.3) is 0 Å². The molecule has 0 aromatic rings. The standard InChI is InChI=1S/C14H23NO15S/c1-4(18)8(20)7(15)10(22)13(5(19)2-16)30-31(27,28)29-6(3-17)9(21)11(23)12(24)14(25)26/h3,5-7,9-13,16,19,21-24H,2,15H2,1H3,(H,25,26)/t5-,6+,7+,9-,10-,11+,12+,13+/m1/s1. The summed E-state index contributed by atoms with van der Waals surface area (Å²) in [5.41, 5.74) is 5.31. The molecule has 8 atom stereocenters. The van der Waals surface area contributed by atoms with E-state index in [1.165, 1.54) is 0 Å². The molecule has 31 heavy (non-hydrogen) atoms. The van der Waals surface area contributed by atoms with Crippen LogP contribution in [0.1, 0.15) is 6.92 Å². The van der Waals surface area contributed by atoms with Crippen LogP contribution in [0, 0.1) is 0 Å². The fourth-order valence-corrected chi connectivity index (χ4v) is 3.02. The smallest absolute Gasteiger partial charge is 0.401 e. The molecule has 0 aliphatic heterocycles. The monoisotopic (exact) mass is 477 g/mol. The summed E-state index contributed by atoms with van der Waals surface area (Å²) in [6.07, 6.45) is -17.9. The minimum atomic E-state index is -5.51. The SMILES string of the molecule is CC(=O)C(=O)[C@H](N)[C@@H](O)[C@@H](OS(=O)(=O)O[C@@H](C=O)[C@@H](O)[C@H](O)[C@H](O)C(=O)O)[C@H](O)CO. The van der Waals surface area contributed by atoms with Gasteiger partial charge in [-0.2, -0.15) is 8.42 Å². The molecule has 0 spiro atoms. The fourth-order valence-electron chi connectivity index (χ4n) is 2.03. The van der Waals surface area contributed by atoms with Gasteiger partial charge in [-0.05, 0) is 0 Å². The van der Waals surface area contributed by atoms with E-state index in [2.05, 4.69) is 8.37 Å². The summed E-state index contributed by atoms with van der Waals surface area (Å²) >= 11 is 0. The number of aldehydes is 1. The maximum absolute atomic E-state index is 12.0. The number of carbonyl (C=O) groups is 4. The molecule has 0 fully saturated rings. The van der Waals surface area contributed by atoms with Gasteiger partial charge in [-0.15, -0.1) is 0 Å². The van der Waals surface area contributed by atoms with Gasteiger partial charge < -0.3 is 46.3 Å². The third-order valence-corrected chi connectivity index (χ3v) is 4.69. The molecule has 17 heteroatoms. The molecule has 0 aromatic carbocycles. The summed E-state index contributed by atoms with van der Waals surface area (Å²) in [6.45, 7) is -0.471. The summed E-state index contributed by atoms with van der Waals surface area (Å²) in [5, 5.41) is 65.6. The number of aliphatic hydroxyl groups is 6. The van der Waals surface area contributed by atoms with Crippen LogP contribution in [0.3, 0.4) is 0 Å². The summed E-state index contributed by atoms with van der Waals surface area (Å²) in [4.78, 5) is 44.3. The zero-order valence-corrected chi connectivity index (χ0v) is 16.6. The predicted octanol–water partition coefficient (Wildman–Crippen LogP) is -6.43. The van der Waals surface area contributed by atoms with Crippen LogP contribution in [0.15, 0.2) is 0 Å². The van der Waals surface area contributed by atoms with E-state index in [0.29, 0.717) is 0 Å². The van der Waals surface area contributed by atoms with Gasteiger partial charge in [-0.1, -0.05) is 0 Å². The van der Waals surface area contributed by atoms with E-state index >= 15 is 0 Å². The van der Waals surface area contributed by atoms with Crippen molar-refractivity contribution in [3.63, 3.8) is 0 Å². The lowest BCUT2D eigenvalue weighted by Crippen LogP contribution is -2.56. The average molecular weight is 477 g/mol. The zero-order valence-electron chi connectivity index (χ0n) is 15.8. The second kappa shape index (κ2) is 12.2. The highest BCUT2D eigenvalue weighted by atomic mass is 32.3. The molecule has 0 amide bonds. The molecule has 9 N–H and O–H groups in total. The molecule has 0 aliphatic rings. The van der Waals surface area contributed by atoms with E-state index in [-0.39, 0.29) is 0 Å². The van der Waals surface area contributed by atoms with Gasteiger partial charge in [0.2, 0.25) is 5.78 Å². The Hall–Kier alpha value is -1.93. The molecule has 0 saturated carbocycles. The highest BCUT2D eigenvalue weighted by Gasteiger charge is 2.42. The quantitative estimate of drug-likeness (QED) is 0.0803. The Morgan fingerprint density at radius 3 is 1.90 bits per heavy atom. The van der Waals surface area contributed by atoms with Crippen molar-refractivity contribution in [1.29, 1.82) is 0 Å². The molecule has 0 bridgehead atoms. The van der Waals surface area contributed by atoms with Crippen molar-refractivity contribution >= 4 is 34.2 Å². The summed E-state index contributed by atoms with van der Waals surface area (Å²) in [7, 11) is -5.51. The lowest BCUT2D eigenvalue weighted by atomic mass is 9.97. The first-order valence-electron chi connectivity index (χ1n) is 8.22. The van der Waals surface area contributed by atoms with Gasteiger partial charge in [0.05, 0.1) is 6.61 Å². The summed E-state index contributed by atoms with van der Waals surface area (Å²) in [6, 6.07) is -2.11. The number of carboxylic acids is 1. The van der Waals surface area contributed by atoms with Crippen LogP contribution in [0.2, 0.25) is 0 Å². The number of Topliss-reactive ketones (excluding diaryl/α,β-unsaturated/α-hetero) is 2. The second-order valence-electron chi connectivity index (χ2n) is 6.12. The van der Waals surface area contributed by atoms with Gasteiger partial charge in [0.1, 0.15) is 36.6 Å². The van der Waals surface area contributed by atoms with Gasteiger partial charge in [-0.3, -0.25) is 9.59 Å². The number of hydrogen-bond acceptors (Lipinski definition) is 15. The minimum absolute atomic E-state index is 0.414. The van der Waals surface area contributed by atoms with E-state index in [9.17, 15) is 48.0 Å². The van der Waals surface area contributed by atoms with E-state index < -0.39 is 89.6 Å². The Morgan fingerprint density at radius 2 is 1.52 bits per heavy atom. The first kappa shape index (κ1) is 29.1. The van der Waals surface area contributed by atoms with E-state index in [0.717, 1.165) is 6.92 Å². The molecule has 0 heterocycles. The van der Waals surface area contributed by atoms with Crippen molar-refractivity contribution in [2.24, 2.45) is 5.73 Å². The molecule has 0 radical (unpaired) electrons. The summed E-state index contributed by atoms with van der Waals surface area (Å²) in [5.74, 6) is -4.57. The van der Waals surface area contributed by atoms with Crippen LogP contribution in [-0.2, 0) is 37.9 Å². The largest absolute Gasteiger partial charge is 0.479 e. The number of ketones is 2. The molecule has 0 aromatic heterocycles. The first-order valence-corrected chi connectivity index (χ1v) is 9.55. The third kappa shape index (κ3) is 8.26. The lowest BCUT2D eigenvalue weighted by Gasteiger charge is -2.29. The molecule has 16 nitrogen and oxygen atoms in total. The Kier molecular flexibility index (Phi) is 11.4. The van der Waals surface area contributed by atoms with Crippen LogP contribution in [0.4, 0.5) is 0 Å². The highest BCUT2D eigenvalue weighted by Crippen LogP contribution is 2.17. The minimum Gasteiger partial charge on any atom is -0.479 e. The molecule has 0 unspecified atom stereocenters. The van der Waals surface area contributed by atoms with Crippen LogP contribution >= 0.6 is 0 Å². The van der Waals surface area contributed by atoms with Gasteiger partial charge in [0, 0.05) is 6.92 Å². The number of rotatable bonds is 15. The topological polar surface area (TPSA) is 289 Å². The van der Waals surface area contributed by atoms with Crippen molar-refractivity contribution in [1.82, 2.24) is 0 Å². The zero-order chi connectivity index (χ0) is 24.7. The first-order chi connectivity index (χ1) is 14.1. The molecular weight excluding hydrogens is 454 g/mol. The number of aliphatic carboxylic acids is 1. The number of hydrogen-bond donors (Lipinski definition) is 8. The van der Waals surface area contributed by atoms with Crippen LogP contribution < -0.4 is 5.73 Å². The van der Waals surface area contributed by atoms with Crippen molar-refractivity contribution in [2.75, 3.05) is 6.61 Å². The fraction of sp³-hybridized carbons (Fsp3) is 0.714. The molecule has 180 valence electrons. The maximum Gasteiger partial charge on any atom is 0.401 e. The van der Waals surface area contributed by atoms with E-state index in [1.54, 1.807) is 0 Å². The average Bonchev–Trinajstić information content (AvgIpc) is 2.71. The van der Waals surface area contributed by atoms with Gasteiger partial charge in [0.15, 0.2) is 24.3 Å². The second-order valence-corrected chi connectivity index (χ2v) is 7.32. The van der Waals surface area contributed by atoms with Crippen molar-refractivity contribution in [3.8, 4) is 0 Å². The van der Waals surface area contributed by atoms with Crippen molar-refractivity contribution in [3.05, 3.63) is 0 Å². The summed E-state index contributed by atoms with van der Waals surface area (Å²) < 4.78 is 32.5. The normalized spacial score (nSPS) is 19.9. The number of nitrogens with two attached hydrogens (primary N) is 1. The lowest BCUT2D eigenvalue weighted by molar-refractivity contribution is -0.163. The highest BCUT2D eigenvalue weighted by molar-refractivity contribution is 7.81. The predicted molar refractivity (Wildman–Crippen MR) is 93.1 cm³/mol. The van der Waals surface area contributed by atoms with E-state index in [1.807, 2.05) is 0 Å². The molecule has 0 aliphatic carbocycles. The molecule has 0 saturated heterocycles. The van der Waals surface area contributed by atoms with Crippen molar-refractivity contribution < 1.29 is 71.7 Å². The number of carbonyl (C=O) groups excluding carboxylic acids is 3.